The van der Waals surface area contributed by atoms with E-state index >= 15 is 0 Å². The number of carbonyl (C=O) groups excluding carboxylic acids is 1. The van der Waals surface area contributed by atoms with Crippen molar-refractivity contribution in [1.82, 2.24) is 20.0 Å². The Bertz CT molecular complexity index is 869. The van der Waals surface area contributed by atoms with E-state index in [1.807, 2.05) is 47.6 Å². The molecule has 1 N–H and O–H groups in total. The zero-order valence-electron chi connectivity index (χ0n) is 13.6. The second-order valence-electron chi connectivity index (χ2n) is 6.25. The highest BCUT2D eigenvalue weighted by Crippen LogP contribution is 2.25. The summed E-state index contributed by atoms with van der Waals surface area (Å²) < 4.78 is 2.98. The van der Waals surface area contributed by atoms with Crippen LogP contribution in [0.3, 0.4) is 0 Å². The molecule has 1 atom stereocenters. The molecule has 1 fully saturated rings. The Balaban J connectivity index is 1.35. The van der Waals surface area contributed by atoms with Crippen molar-refractivity contribution in [3.05, 3.63) is 53.2 Å². The summed E-state index contributed by atoms with van der Waals surface area (Å²) in [6.07, 6.45) is 3.09. The van der Waals surface area contributed by atoms with Crippen molar-refractivity contribution in [1.29, 1.82) is 0 Å². The maximum atomic E-state index is 12.5. The lowest BCUT2D eigenvalue weighted by molar-refractivity contribution is 0.0722. The normalized spacial score (nSPS) is 17.8. The van der Waals surface area contributed by atoms with E-state index in [2.05, 4.69) is 21.4 Å². The summed E-state index contributed by atoms with van der Waals surface area (Å²) in [6, 6.07) is 10.5. The maximum Gasteiger partial charge on any atom is 0.252 e. The summed E-state index contributed by atoms with van der Waals surface area (Å²) in [5, 5.41) is 10.5. The smallest absolute Gasteiger partial charge is 0.252 e. The molecule has 0 aliphatic carbocycles. The van der Waals surface area contributed by atoms with E-state index in [1.165, 1.54) is 0 Å². The second-order valence-corrected chi connectivity index (χ2v) is 7.16. The average Bonchev–Trinajstić information content (AvgIpc) is 3.17. The summed E-state index contributed by atoms with van der Waals surface area (Å²) in [4.78, 5) is 14.9. The summed E-state index contributed by atoms with van der Waals surface area (Å²) in [5.41, 5.74) is 1.86. The zero-order chi connectivity index (χ0) is 16.5. The lowest BCUT2D eigenvalue weighted by Gasteiger charge is -2.40. The number of nitrogens with one attached hydrogen (secondary N) is 1. The molecule has 3 aromatic rings. The summed E-state index contributed by atoms with van der Waals surface area (Å²) in [6.45, 7) is 2.61. The molecule has 1 unspecified atom stereocenters. The van der Waals surface area contributed by atoms with E-state index in [4.69, 9.17) is 0 Å². The topological polar surface area (TPSA) is 50.2 Å². The first-order valence-electron chi connectivity index (χ1n) is 8.18. The molecule has 1 aromatic carbocycles. The van der Waals surface area contributed by atoms with Gasteiger partial charge in [0.15, 0.2) is 0 Å². The Kier molecular flexibility index (Phi) is 4.08. The van der Waals surface area contributed by atoms with E-state index in [9.17, 15) is 4.79 Å². The van der Waals surface area contributed by atoms with Crippen LogP contribution in [0.15, 0.2) is 41.9 Å². The fraction of sp³-hybridized carbons (Fsp3) is 0.333. The third kappa shape index (κ3) is 2.95. The van der Waals surface area contributed by atoms with Crippen molar-refractivity contribution in [2.75, 3.05) is 13.1 Å². The van der Waals surface area contributed by atoms with Crippen LogP contribution in [0, 0.1) is 0 Å². The Morgan fingerprint density at radius 1 is 1.38 bits per heavy atom. The van der Waals surface area contributed by atoms with Crippen molar-refractivity contribution >= 4 is 27.3 Å². The van der Waals surface area contributed by atoms with Gasteiger partial charge in [-0.2, -0.15) is 5.10 Å². The first-order chi connectivity index (χ1) is 11.7. The van der Waals surface area contributed by atoms with Gasteiger partial charge >= 0.3 is 0 Å². The highest BCUT2D eigenvalue weighted by molar-refractivity contribution is 7.17. The van der Waals surface area contributed by atoms with Crippen molar-refractivity contribution in [3.63, 3.8) is 0 Å². The monoisotopic (exact) mass is 340 g/mol. The molecule has 1 amide bonds. The molecule has 3 heterocycles. The standard InChI is InChI=1S/C18H20N4OS/c1-21-8-6-13(20-21)11-22-9-7-14(22)10-19-18(23)16-12-24-17-5-3-2-4-15(16)17/h2-6,8,12,14H,7,9-11H2,1H3,(H,19,23). The number of carbonyl (C=O) groups is 1. The van der Waals surface area contributed by atoms with Gasteiger partial charge in [-0.1, -0.05) is 18.2 Å². The number of hydrogen-bond acceptors (Lipinski definition) is 4. The molecule has 4 rings (SSSR count). The van der Waals surface area contributed by atoms with Gasteiger partial charge in [-0.3, -0.25) is 14.4 Å². The largest absolute Gasteiger partial charge is 0.350 e. The van der Waals surface area contributed by atoms with E-state index in [0.717, 1.165) is 40.9 Å². The van der Waals surface area contributed by atoms with Crippen molar-refractivity contribution < 1.29 is 4.79 Å². The van der Waals surface area contributed by atoms with Crippen LogP contribution in [-0.4, -0.2) is 39.7 Å². The van der Waals surface area contributed by atoms with Gasteiger partial charge < -0.3 is 5.32 Å². The van der Waals surface area contributed by atoms with Crippen molar-refractivity contribution in [2.45, 2.75) is 19.0 Å². The molecule has 24 heavy (non-hydrogen) atoms. The number of nitrogens with zero attached hydrogens (tertiary/aromatic N) is 3. The molecular weight excluding hydrogens is 320 g/mol. The van der Waals surface area contributed by atoms with Gasteiger partial charge in [-0.05, 0) is 18.6 Å². The fourth-order valence-electron chi connectivity index (χ4n) is 3.15. The molecule has 0 radical (unpaired) electrons. The van der Waals surface area contributed by atoms with Crippen LogP contribution >= 0.6 is 11.3 Å². The Labute approximate surface area is 144 Å². The minimum absolute atomic E-state index is 0.0251. The molecule has 0 saturated carbocycles. The molecule has 5 nitrogen and oxygen atoms in total. The number of likely N-dealkylation sites (tertiary alicyclic amines) is 1. The molecule has 1 aliphatic rings. The van der Waals surface area contributed by atoms with Crippen LogP contribution < -0.4 is 5.32 Å². The summed E-state index contributed by atoms with van der Waals surface area (Å²) >= 11 is 1.62. The van der Waals surface area contributed by atoms with E-state index < -0.39 is 0 Å². The number of aryl methyl sites for hydroxylation is 1. The van der Waals surface area contributed by atoms with Gasteiger partial charge in [-0.25, -0.2) is 0 Å². The van der Waals surface area contributed by atoms with Crippen LogP contribution in [0.5, 0.6) is 0 Å². The third-order valence-electron chi connectivity index (χ3n) is 4.62. The minimum atomic E-state index is 0.0251. The van der Waals surface area contributed by atoms with Gasteiger partial charge in [0.2, 0.25) is 0 Å². The number of rotatable bonds is 5. The fourth-order valence-corrected chi connectivity index (χ4v) is 4.09. The Hall–Kier alpha value is -2.18. The van der Waals surface area contributed by atoms with Crippen LogP contribution in [0.4, 0.5) is 0 Å². The molecule has 0 bridgehead atoms. The quantitative estimate of drug-likeness (QED) is 0.777. The average molecular weight is 340 g/mol. The number of fused-ring (bicyclic) bond motifs is 1. The van der Waals surface area contributed by atoms with Crippen LogP contribution in [-0.2, 0) is 13.6 Å². The Morgan fingerprint density at radius 3 is 3.00 bits per heavy atom. The third-order valence-corrected chi connectivity index (χ3v) is 5.59. The van der Waals surface area contributed by atoms with Crippen LogP contribution in [0.2, 0.25) is 0 Å². The lowest BCUT2D eigenvalue weighted by atomic mass is 10.0. The number of hydrogen-bond donors (Lipinski definition) is 1. The first-order valence-corrected chi connectivity index (χ1v) is 9.05. The molecule has 6 heteroatoms. The Morgan fingerprint density at radius 2 is 2.25 bits per heavy atom. The first kappa shape index (κ1) is 15.4. The minimum Gasteiger partial charge on any atom is -0.350 e. The van der Waals surface area contributed by atoms with Gasteiger partial charge in [0, 0.05) is 54.4 Å². The SMILES string of the molecule is Cn1ccc(CN2CCC2CNC(=O)c2csc3ccccc23)n1. The lowest BCUT2D eigenvalue weighted by Crippen LogP contribution is -2.52. The molecule has 0 spiro atoms. The highest BCUT2D eigenvalue weighted by Gasteiger charge is 2.28. The van der Waals surface area contributed by atoms with E-state index in [1.54, 1.807) is 11.3 Å². The number of aromatic nitrogens is 2. The van der Waals surface area contributed by atoms with Gasteiger partial charge in [0.05, 0.1) is 11.3 Å². The molecule has 2 aromatic heterocycles. The highest BCUT2D eigenvalue weighted by atomic mass is 32.1. The predicted octanol–water partition coefficient (Wildman–Crippen LogP) is 2.64. The van der Waals surface area contributed by atoms with Crippen molar-refractivity contribution in [2.24, 2.45) is 7.05 Å². The maximum absolute atomic E-state index is 12.5. The van der Waals surface area contributed by atoms with Crippen LogP contribution in [0.25, 0.3) is 10.1 Å². The summed E-state index contributed by atoms with van der Waals surface area (Å²) in [7, 11) is 1.93. The molecular formula is C18H20N4OS. The molecule has 124 valence electrons. The number of amides is 1. The summed E-state index contributed by atoms with van der Waals surface area (Å²) in [5.74, 6) is 0.0251. The number of thiophene rings is 1. The zero-order valence-corrected chi connectivity index (χ0v) is 14.4. The van der Waals surface area contributed by atoms with Gasteiger partial charge in [0.1, 0.15) is 0 Å². The second kappa shape index (κ2) is 6.37. The molecule has 1 saturated heterocycles. The van der Waals surface area contributed by atoms with Crippen molar-refractivity contribution in [3.8, 4) is 0 Å². The number of benzene rings is 1. The van der Waals surface area contributed by atoms with Gasteiger partial charge in [-0.15, -0.1) is 11.3 Å². The predicted molar refractivity (Wildman–Crippen MR) is 96.2 cm³/mol. The van der Waals surface area contributed by atoms with Crippen LogP contribution in [0.1, 0.15) is 22.5 Å². The molecule has 1 aliphatic heterocycles. The van der Waals surface area contributed by atoms with E-state index in [-0.39, 0.29) is 5.91 Å². The van der Waals surface area contributed by atoms with E-state index in [0.29, 0.717) is 12.6 Å². The van der Waals surface area contributed by atoms with Gasteiger partial charge in [0.25, 0.3) is 5.91 Å².